The fourth-order valence-corrected chi connectivity index (χ4v) is 4.73. The molecule has 1 unspecified atom stereocenters. The molecular formula is C15H22F2N3O7P. The fraction of sp³-hybridized carbons (Fsp3) is 0.733. The van der Waals surface area contributed by atoms with E-state index in [-0.39, 0.29) is 5.82 Å². The lowest BCUT2D eigenvalue weighted by Gasteiger charge is -2.28. The topological polar surface area (TPSA) is 135 Å². The fourth-order valence-electron chi connectivity index (χ4n) is 3.00. The Morgan fingerprint density at radius 2 is 1.89 bits per heavy atom. The van der Waals surface area contributed by atoms with Crippen LogP contribution in [0.25, 0.3) is 0 Å². The van der Waals surface area contributed by atoms with Crippen LogP contribution in [0.5, 0.6) is 0 Å². The number of nitrogens with zero attached hydrogens (tertiary/aromatic N) is 2. The largest absolute Gasteiger partial charge is 0.475 e. The van der Waals surface area contributed by atoms with Gasteiger partial charge in [0.05, 0.1) is 12.2 Å². The number of halogens is 2. The third kappa shape index (κ3) is 3.38. The molecule has 10 nitrogen and oxygen atoms in total. The molecule has 0 amide bonds. The lowest BCUT2D eigenvalue weighted by Crippen LogP contribution is -2.46. The van der Waals surface area contributed by atoms with Gasteiger partial charge in [0.2, 0.25) is 6.23 Å². The molecule has 0 bridgehead atoms. The zero-order valence-electron chi connectivity index (χ0n) is 15.6. The average molecular weight is 425 g/mol. The molecule has 13 heteroatoms. The predicted octanol–water partition coefficient (Wildman–Crippen LogP) is 1.45. The summed E-state index contributed by atoms with van der Waals surface area (Å²) in [5.41, 5.74) is 1.47. The summed E-state index contributed by atoms with van der Waals surface area (Å²) in [5.74, 6) is -4.10. The molecule has 1 saturated heterocycles. The molecule has 1 saturated carbocycles. The van der Waals surface area contributed by atoms with Crippen molar-refractivity contribution < 1.29 is 36.8 Å². The van der Waals surface area contributed by atoms with Crippen LogP contribution in [0.1, 0.15) is 33.9 Å². The van der Waals surface area contributed by atoms with E-state index in [4.69, 9.17) is 24.0 Å². The minimum Gasteiger partial charge on any atom is -0.383 e. The van der Waals surface area contributed by atoms with Crippen LogP contribution in [-0.4, -0.2) is 50.6 Å². The van der Waals surface area contributed by atoms with E-state index in [0.29, 0.717) is 4.57 Å². The minimum atomic E-state index is -4.26. The molecule has 28 heavy (non-hydrogen) atoms. The van der Waals surface area contributed by atoms with E-state index in [2.05, 4.69) is 4.98 Å². The van der Waals surface area contributed by atoms with Gasteiger partial charge in [0, 0.05) is 6.20 Å². The molecule has 0 aromatic carbocycles. The Hall–Kier alpha value is -1.43. The summed E-state index contributed by atoms with van der Waals surface area (Å²) in [4.78, 5) is 15.2. The summed E-state index contributed by atoms with van der Waals surface area (Å²) in [5, 5.41) is 10.5. The zero-order valence-corrected chi connectivity index (χ0v) is 16.5. The molecule has 3 rings (SSSR count). The Labute approximate surface area is 159 Å². The van der Waals surface area contributed by atoms with E-state index in [0.717, 1.165) is 12.3 Å². The Morgan fingerprint density at radius 3 is 2.32 bits per heavy atom. The maximum Gasteiger partial charge on any atom is 0.475 e. The third-order valence-electron chi connectivity index (χ3n) is 4.18. The molecule has 1 aromatic rings. The Balaban J connectivity index is 1.83. The van der Waals surface area contributed by atoms with Crippen LogP contribution in [0.15, 0.2) is 17.1 Å². The first-order valence-corrected chi connectivity index (χ1v) is 10.0. The summed E-state index contributed by atoms with van der Waals surface area (Å²) < 4.78 is 63.7. The molecule has 4 atom stereocenters. The standard InChI is InChI=1S/C15H22F2N3O7P/c1-7(2)25-28(23,26-8(3)4)27-11-10-14(11,22)15(16,17)12(24-10)20-6-5-9(18)19-13(20)21/h5-8,10-12,22H,1-4H3,(H2,18,19,21)/t10-,11?,12-,14+/m1/s1. The molecule has 0 spiro atoms. The lowest BCUT2D eigenvalue weighted by atomic mass is 10.1. The van der Waals surface area contributed by atoms with E-state index in [1.54, 1.807) is 27.7 Å². The first-order valence-electron chi connectivity index (χ1n) is 8.57. The first-order chi connectivity index (χ1) is 12.8. The number of anilines is 1. The molecular weight excluding hydrogens is 403 g/mol. The zero-order chi connectivity index (χ0) is 21.1. The van der Waals surface area contributed by atoms with Gasteiger partial charge in [-0.1, -0.05) is 0 Å². The number of ether oxygens (including phenoxy) is 1. The van der Waals surface area contributed by atoms with Crippen molar-refractivity contribution in [2.45, 2.75) is 69.9 Å². The summed E-state index contributed by atoms with van der Waals surface area (Å²) in [6, 6.07) is 1.14. The Kier molecular flexibility index (Phi) is 5.19. The number of phosphoric ester groups is 1. The van der Waals surface area contributed by atoms with E-state index >= 15 is 0 Å². The maximum absolute atomic E-state index is 14.9. The van der Waals surface area contributed by atoms with Crippen molar-refractivity contribution in [3.63, 3.8) is 0 Å². The van der Waals surface area contributed by atoms with Crippen molar-refractivity contribution >= 4 is 13.6 Å². The van der Waals surface area contributed by atoms with Crippen molar-refractivity contribution in [3.8, 4) is 0 Å². The van der Waals surface area contributed by atoms with Crippen LogP contribution in [0.3, 0.4) is 0 Å². The number of nitrogens with two attached hydrogens (primary N) is 1. The second-order valence-corrected chi connectivity index (χ2v) is 8.71. The second-order valence-electron chi connectivity index (χ2n) is 7.18. The molecule has 2 aliphatic rings. The number of rotatable bonds is 7. The quantitative estimate of drug-likeness (QED) is 0.622. The Bertz CT molecular complexity index is 850. The van der Waals surface area contributed by atoms with Crippen LogP contribution in [0.4, 0.5) is 14.6 Å². The average Bonchev–Trinajstić information content (AvgIpc) is 2.99. The minimum absolute atomic E-state index is 0.148. The number of alkyl halides is 2. The van der Waals surface area contributed by atoms with Gasteiger partial charge in [0.1, 0.15) is 18.0 Å². The number of nitrogen functional groups attached to an aromatic ring is 1. The van der Waals surface area contributed by atoms with Gasteiger partial charge >= 0.3 is 19.4 Å². The SMILES string of the molecule is CC(C)OP(=O)(OC(C)C)OC1[C@H]2O[C@@H](n3ccc(N)nc3=O)C(F)(F)[C@@]12O. The van der Waals surface area contributed by atoms with Crippen molar-refractivity contribution in [2.75, 3.05) is 5.73 Å². The maximum atomic E-state index is 14.9. The number of phosphoric acid groups is 1. The van der Waals surface area contributed by atoms with Crippen molar-refractivity contribution in [3.05, 3.63) is 22.7 Å². The predicted molar refractivity (Wildman–Crippen MR) is 91.6 cm³/mol. The molecule has 158 valence electrons. The van der Waals surface area contributed by atoms with Gasteiger partial charge in [-0.05, 0) is 33.8 Å². The van der Waals surface area contributed by atoms with E-state index in [1.165, 1.54) is 0 Å². The first kappa shape index (κ1) is 21.3. The van der Waals surface area contributed by atoms with Crippen LogP contribution >= 0.6 is 7.82 Å². The molecule has 2 heterocycles. The summed E-state index contributed by atoms with van der Waals surface area (Å²) in [6.45, 7) is 6.24. The molecule has 0 radical (unpaired) electrons. The molecule has 1 aliphatic carbocycles. The van der Waals surface area contributed by atoms with Crippen molar-refractivity contribution in [1.82, 2.24) is 9.55 Å². The van der Waals surface area contributed by atoms with E-state index < -0.39 is 55.7 Å². The number of fused-ring (bicyclic) bond motifs is 1. The third-order valence-corrected chi connectivity index (χ3v) is 6.02. The van der Waals surface area contributed by atoms with Gasteiger partial charge in [-0.3, -0.25) is 18.1 Å². The number of hydrogen-bond acceptors (Lipinski definition) is 9. The van der Waals surface area contributed by atoms with Gasteiger partial charge in [0.25, 0.3) is 0 Å². The highest BCUT2D eigenvalue weighted by atomic mass is 31.2. The summed E-state index contributed by atoms with van der Waals surface area (Å²) in [6.07, 6.45) is -5.53. The second kappa shape index (κ2) is 6.82. The highest BCUT2D eigenvalue weighted by Crippen LogP contribution is 2.67. The summed E-state index contributed by atoms with van der Waals surface area (Å²) >= 11 is 0. The molecule has 1 aliphatic heterocycles. The van der Waals surface area contributed by atoms with Gasteiger partial charge in [0.15, 0.2) is 5.60 Å². The molecule has 1 aromatic heterocycles. The monoisotopic (exact) mass is 425 g/mol. The molecule has 2 fully saturated rings. The smallest absolute Gasteiger partial charge is 0.383 e. The Morgan fingerprint density at radius 1 is 1.32 bits per heavy atom. The van der Waals surface area contributed by atoms with Crippen molar-refractivity contribution in [2.24, 2.45) is 0 Å². The van der Waals surface area contributed by atoms with Gasteiger partial charge in [-0.2, -0.15) is 13.8 Å². The number of hydrogen-bond donors (Lipinski definition) is 2. The van der Waals surface area contributed by atoms with Gasteiger partial charge in [-0.25, -0.2) is 9.36 Å². The number of aromatic nitrogens is 2. The lowest BCUT2D eigenvalue weighted by molar-refractivity contribution is -0.196. The van der Waals surface area contributed by atoms with E-state index in [9.17, 15) is 23.2 Å². The normalized spacial score (nSPS) is 31.4. The summed E-state index contributed by atoms with van der Waals surface area (Å²) in [7, 11) is -4.26. The van der Waals surface area contributed by atoms with Gasteiger partial charge < -0.3 is 15.6 Å². The van der Waals surface area contributed by atoms with Crippen LogP contribution in [0.2, 0.25) is 0 Å². The molecule has 3 N–H and O–H groups in total. The van der Waals surface area contributed by atoms with Crippen LogP contribution in [-0.2, 0) is 22.9 Å². The highest BCUT2D eigenvalue weighted by Gasteiger charge is 2.88. The van der Waals surface area contributed by atoms with Gasteiger partial charge in [-0.15, -0.1) is 0 Å². The van der Waals surface area contributed by atoms with Crippen LogP contribution in [0, 0.1) is 0 Å². The van der Waals surface area contributed by atoms with Crippen LogP contribution < -0.4 is 11.4 Å². The number of aliphatic hydroxyl groups is 1. The highest BCUT2D eigenvalue weighted by molar-refractivity contribution is 7.48. The van der Waals surface area contributed by atoms with Crippen molar-refractivity contribution in [1.29, 1.82) is 0 Å². The van der Waals surface area contributed by atoms with E-state index in [1.807, 2.05) is 0 Å².